The average Bonchev–Trinajstić information content (AvgIpc) is 3.18. The van der Waals surface area contributed by atoms with E-state index in [0.717, 1.165) is 44.5 Å². The number of carbonyl (C=O) groups is 1. The van der Waals surface area contributed by atoms with Crippen molar-refractivity contribution in [2.24, 2.45) is 13.0 Å². The van der Waals surface area contributed by atoms with E-state index in [0.29, 0.717) is 23.3 Å². The Hall–Kier alpha value is -2.09. The van der Waals surface area contributed by atoms with Gasteiger partial charge in [0.2, 0.25) is 0 Å². The Morgan fingerprint density at radius 3 is 2.85 bits per heavy atom. The van der Waals surface area contributed by atoms with E-state index in [4.69, 9.17) is 4.98 Å². The van der Waals surface area contributed by atoms with Crippen LogP contribution in [0.25, 0.3) is 5.57 Å². The largest absolute Gasteiger partial charge is 0.334 e. The van der Waals surface area contributed by atoms with Gasteiger partial charge in [0.05, 0.1) is 17.6 Å². The fraction of sp³-hybridized carbons (Fsp3) is 0.611. The van der Waals surface area contributed by atoms with Crippen LogP contribution in [-0.4, -0.2) is 44.1 Å². The number of thiazole rings is 1. The first-order valence-electron chi connectivity index (χ1n) is 9.24. The van der Waals surface area contributed by atoms with Gasteiger partial charge in [-0.1, -0.05) is 24.5 Å². The molecule has 0 N–H and O–H groups in total. The lowest BCUT2D eigenvalue weighted by Gasteiger charge is -2.29. The highest BCUT2D eigenvalue weighted by molar-refractivity contribution is 7.14. The highest BCUT2D eigenvalue weighted by Crippen LogP contribution is 2.39. The predicted octanol–water partition coefficient (Wildman–Crippen LogP) is 2.90. The number of anilines is 1. The van der Waals surface area contributed by atoms with Gasteiger partial charge in [-0.15, -0.1) is 16.4 Å². The van der Waals surface area contributed by atoms with E-state index < -0.39 is 0 Å². The predicted molar refractivity (Wildman–Crippen MR) is 101 cm³/mol. The maximum absolute atomic E-state index is 12.5. The first-order valence-corrected chi connectivity index (χ1v) is 10.1. The topological polar surface area (TPSA) is 76.8 Å². The monoisotopic (exact) mass is 372 g/mol. The van der Waals surface area contributed by atoms with Crippen molar-refractivity contribution in [2.75, 3.05) is 18.0 Å². The first kappa shape index (κ1) is 17.3. The summed E-state index contributed by atoms with van der Waals surface area (Å²) in [5.74, 6) is 1.20. The molecule has 0 saturated carbocycles. The van der Waals surface area contributed by atoms with Crippen molar-refractivity contribution < 1.29 is 4.79 Å². The van der Waals surface area contributed by atoms with Gasteiger partial charge in [0, 0.05) is 19.5 Å². The van der Waals surface area contributed by atoms with Crippen LogP contribution >= 0.6 is 11.3 Å². The Balaban J connectivity index is 1.65. The normalized spacial score (nSPS) is 17.3. The number of tetrazole rings is 1. The van der Waals surface area contributed by atoms with Crippen LogP contribution in [0.2, 0.25) is 0 Å². The Labute approximate surface area is 157 Å². The molecular formula is C18H24N6OS. The quantitative estimate of drug-likeness (QED) is 0.768. The number of rotatable bonds is 4. The second kappa shape index (κ2) is 6.90. The zero-order valence-corrected chi connectivity index (χ0v) is 16.3. The van der Waals surface area contributed by atoms with Crippen molar-refractivity contribution >= 4 is 28.6 Å². The molecule has 0 atom stereocenters. The van der Waals surface area contributed by atoms with Gasteiger partial charge in [-0.3, -0.25) is 4.79 Å². The Kier molecular flexibility index (Phi) is 4.60. The number of aromatic nitrogens is 5. The van der Waals surface area contributed by atoms with Gasteiger partial charge in [-0.2, -0.15) is 4.80 Å². The Morgan fingerprint density at radius 2 is 2.12 bits per heavy atom. The van der Waals surface area contributed by atoms with Crippen LogP contribution in [-0.2, 0) is 13.5 Å². The summed E-state index contributed by atoms with van der Waals surface area (Å²) < 4.78 is 0. The lowest BCUT2D eigenvalue weighted by atomic mass is 9.97. The van der Waals surface area contributed by atoms with Crippen molar-refractivity contribution in [1.29, 1.82) is 0 Å². The van der Waals surface area contributed by atoms with Gasteiger partial charge in [0.25, 0.3) is 5.95 Å². The van der Waals surface area contributed by atoms with E-state index in [1.54, 1.807) is 18.4 Å². The summed E-state index contributed by atoms with van der Waals surface area (Å²) in [6.07, 6.45) is 4.76. The summed E-state index contributed by atoms with van der Waals surface area (Å²) in [4.78, 5) is 22.1. The lowest BCUT2D eigenvalue weighted by Crippen LogP contribution is -2.32. The summed E-state index contributed by atoms with van der Waals surface area (Å²) in [6, 6.07) is 0. The van der Waals surface area contributed by atoms with Crippen LogP contribution in [0.1, 0.15) is 59.9 Å². The van der Waals surface area contributed by atoms with Crippen molar-refractivity contribution in [2.45, 2.75) is 46.0 Å². The number of hydrogen-bond donors (Lipinski definition) is 0. The molecule has 7 nitrogen and oxygen atoms in total. The SMILES string of the molecule is CC(C)CC(=O)c1nc2c(s1)C1=C(CCC2)CCN(c2nnn(C)n2)C1. The van der Waals surface area contributed by atoms with E-state index in [-0.39, 0.29) is 5.78 Å². The highest BCUT2D eigenvalue weighted by Gasteiger charge is 2.29. The fourth-order valence-electron chi connectivity index (χ4n) is 3.69. The van der Waals surface area contributed by atoms with Gasteiger partial charge in [-0.25, -0.2) is 4.98 Å². The third-order valence-electron chi connectivity index (χ3n) is 4.94. The number of nitrogens with zero attached hydrogens (tertiary/aromatic N) is 6. The molecule has 0 spiro atoms. The first-order chi connectivity index (χ1) is 12.5. The molecule has 0 aromatic carbocycles. The summed E-state index contributed by atoms with van der Waals surface area (Å²) in [5.41, 5.74) is 3.94. The van der Waals surface area contributed by atoms with E-state index in [2.05, 4.69) is 34.2 Å². The molecule has 1 aliphatic heterocycles. The maximum Gasteiger partial charge on any atom is 0.266 e. The molecule has 1 aliphatic carbocycles. The van der Waals surface area contributed by atoms with Crippen LogP contribution in [0.5, 0.6) is 0 Å². The van der Waals surface area contributed by atoms with Gasteiger partial charge in [0.15, 0.2) is 10.8 Å². The minimum absolute atomic E-state index is 0.170. The average molecular weight is 372 g/mol. The fourth-order valence-corrected chi connectivity index (χ4v) is 4.83. The van der Waals surface area contributed by atoms with Crippen LogP contribution in [0.15, 0.2) is 5.57 Å². The minimum atomic E-state index is 0.170. The molecule has 3 heterocycles. The van der Waals surface area contributed by atoms with Crippen molar-refractivity contribution in [3.05, 3.63) is 21.2 Å². The van der Waals surface area contributed by atoms with Crippen LogP contribution in [0.3, 0.4) is 0 Å². The second-order valence-corrected chi connectivity index (χ2v) is 8.50. The highest BCUT2D eigenvalue weighted by atomic mass is 32.1. The van der Waals surface area contributed by atoms with Gasteiger partial charge in [-0.05, 0) is 42.4 Å². The number of carbonyl (C=O) groups excluding carboxylic acids is 1. The third-order valence-corrected chi connectivity index (χ3v) is 6.13. The number of aryl methyl sites for hydroxylation is 2. The standard InChI is InChI=1S/C18H24N6OS/c1-11(2)9-15(25)17-19-14-6-4-5-12-7-8-24(10-13(12)16(14)26-17)18-20-22-23(3)21-18/h11H,4-10H2,1-3H3. The van der Waals surface area contributed by atoms with E-state index in [9.17, 15) is 4.79 Å². The molecule has 0 fully saturated rings. The molecule has 8 heteroatoms. The summed E-state index contributed by atoms with van der Waals surface area (Å²) in [6.45, 7) is 5.83. The molecule has 0 saturated heterocycles. The summed E-state index contributed by atoms with van der Waals surface area (Å²) in [5, 5.41) is 13.1. The van der Waals surface area contributed by atoms with Crippen molar-refractivity contribution in [3.63, 3.8) is 0 Å². The molecule has 26 heavy (non-hydrogen) atoms. The number of fused-ring (bicyclic) bond motifs is 2. The number of Topliss-reactive ketones (excluding diaryl/α,β-unsaturated/α-hetero) is 1. The van der Waals surface area contributed by atoms with Crippen molar-refractivity contribution in [1.82, 2.24) is 25.2 Å². The molecular weight excluding hydrogens is 348 g/mol. The molecule has 4 rings (SSSR count). The molecule has 0 unspecified atom stereocenters. The molecule has 0 amide bonds. The van der Waals surface area contributed by atoms with Crippen molar-refractivity contribution in [3.8, 4) is 0 Å². The Bertz CT molecular complexity index is 865. The minimum Gasteiger partial charge on any atom is -0.334 e. The van der Waals surface area contributed by atoms with Gasteiger partial charge >= 0.3 is 0 Å². The van der Waals surface area contributed by atoms with Crippen LogP contribution < -0.4 is 4.90 Å². The smallest absolute Gasteiger partial charge is 0.266 e. The van der Waals surface area contributed by atoms with Crippen LogP contribution in [0.4, 0.5) is 5.95 Å². The second-order valence-electron chi connectivity index (χ2n) is 7.50. The van der Waals surface area contributed by atoms with Gasteiger partial charge < -0.3 is 4.90 Å². The van der Waals surface area contributed by atoms with Gasteiger partial charge in [0.1, 0.15) is 0 Å². The zero-order valence-electron chi connectivity index (χ0n) is 15.5. The van der Waals surface area contributed by atoms with Crippen LogP contribution in [0, 0.1) is 5.92 Å². The Morgan fingerprint density at radius 1 is 1.27 bits per heavy atom. The maximum atomic E-state index is 12.5. The summed E-state index contributed by atoms with van der Waals surface area (Å²) >= 11 is 1.58. The lowest BCUT2D eigenvalue weighted by molar-refractivity contribution is 0.0967. The molecule has 138 valence electrons. The van der Waals surface area contributed by atoms with E-state index in [1.165, 1.54) is 20.8 Å². The molecule has 2 aliphatic rings. The third kappa shape index (κ3) is 3.30. The molecule has 0 radical (unpaired) electrons. The van der Waals surface area contributed by atoms with E-state index in [1.807, 2.05) is 0 Å². The molecule has 2 aromatic heterocycles. The number of ketones is 1. The van der Waals surface area contributed by atoms with E-state index >= 15 is 0 Å². The summed E-state index contributed by atoms with van der Waals surface area (Å²) in [7, 11) is 1.78. The molecule has 2 aromatic rings. The molecule has 0 bridgehead atoms. The number of hydrogen-bond acceptors (Lipinski definition) is 7. The zero-order chi connectivity index (χ0) is 18.3.